The van der Waals surface area contributed by atoms with E-state index in [-0.39, 0.29) is 22.9 Å². The summed E-state index contributed by atoms with van der Waals surface area (Å²) >= 11 is 5.70. The zero-order valence-corrected chi connectivity index (χ0v) is 20.6. The van der Waals surface area contributed by atoms with Crippen molar-refractivity contribution in [3.63, 3.8) is 0 Å². The molecule has 36 heavy (non-hydrogen) atoms. The minimum atomic E-state index is -4.65. The van der Waals surface area contributed by atoms with Crippen molar-refractivity contribution in [3.8, 4) is 0 Å². The second kappa shape index (κ2) is 11.3. The van der Waals surface area contributed by atoms with Crippen LogP contribution in [0.4, 0.5) is 14.5 Å². The molecule has 2 aromatic rings. The molecule has 14 heteroatoms. The van der Waals surface area contributed by atoms with Gasteiger partial charge in [0.05, 0.1) is 24.7 Å². The van der Waals surface area contributed by atoms with Gasteiger partial charge in [-0.15, -0.1) is 0 Å². The van der Waals surface area contributed by atoms with Gasteiger partial charge in [-0.1, -0.05) is 11.6 Å². The molecule has 0 unspecified atom stereocenters. The molecule has 1 N–H and O–H groups in total. The van der Waals surface area contributed by atoms with Crippen LogP contribution in [0.25, 0.3) is 0 Å². The maximum absolute atomic E-state index is 14.7. The number of carbonyl (C=O) groups excluding carboxylic acids is 3. The van der Waals surface area contributed by atoms with Crippen LogP contribution in [0.2, 0.25) is 5.02 Å². The fraction of sp³-hybridized carbons (Fsp3) is 0.318. The number of nitrogens with one attached hydrogen (secondary N) is 1. The molecule has 3 rings (SSSR count). The number of anilines is 1. The molecule has 2 aromatic carbocycles. The van der Waals surface area contributed by atoms with Crippen molar-refractivity contribution < 1.29 is 45.8 Å². The minimum absolute atomic E-state index is 0.123. The molecule has 1 heterocycles. The average molecular weight is 547 g/mol. The number of hydrogen-bond acceptors (Lipinski definition) is 8. The van der Waals surface area contributed by atoms with Crippen molar-refractivity contribution in [1.82, 2.24) is 4.31 Å². The first-order chi connectivity index (χ1) is 16.9. The van der Waals surface area contributed by atoms with Gasteiger partial charge in [0.1, 0.15) is 22.6 Å². The van der Waals surface area contributed by atoms with E-state index in [2.05, 4.69) is 5.32 Å². The molecule has 1 amide bonds. The molecule has 1 aliphatic heterocycles. The Hall–Kier alpha value is -3.13. The number of halogens is 3. The zero-order chi connectivity index (χ0) is 26.6. The van der Waals surface area contributed by atoms with Crippen LogP contribution < -0.4 is 5.32 Å². The Kier molecular flexibility index (Phi) is 8.61. The number of hydrogen-bond donors (Lipinski definition) is 1. The van der Waals surface area contributed by atoms with Crippen LogP contribution in [0.3, 0.4) is 0 Å². The standard InChI is InChI=1S/C22H21ClF2N2O8S/c1-12(28)34-16-9-27(10-21(33-11-16)35-13(2)29)36(31,32)20-7-14(3-5-19(20)25)22(30)26-15-4-6-18(24)17(23)8-15/h3-8,16,21H,9-11H2,1-2H3,(H,26,30)/t16-,21+/m0/s1. The number of rotatable bonds is 6. The monoisotopic (exact) mass is 546 g/mol. The summed E-state index contributed by atoms with van der Waals surface area (Å²) < 4.78 is 71.0. The lowest BCUT2D eigenvalue weighted by molar-refractivity contribution is -0.180. The number of esters is 2. The minimum Gasteiger partial charge on any atom is -0.459 e. The lowest BCUT2D eigenvalue weighted by Gasteiger charge is -2.24. The Balaban J connectivity index is 1.92. The lowest BCUT2D eigenvalue weighted by atomic mass is 10.2. The van der Waals surface area contributed by atoms with Crippen LogP contribution in [0, 0.1) is 11.6 Å². The Morgan fingerprint density at radius 1 is 1.03 bits per heavy atom. The predicted molar refractivity (Wildman–Crippen MR) is 122 cm³/mol. The highest BCUT2D eigenvalue weighted by Crippen LogP contribution is 2.25. The summed E-state index contributed by atoms with van der Waals surface area (Å²) in [5, 5.41) is 2.17. The predicted octanol–water partition coefficient (Wildman–Crippen LogP) is 2.71. The first-order valence-electron chi connectivity index (χ1n) is 10.4. The molecule has 1 saturated heterocycles. The van der Waals surface area contributed by atoms with Gasteiger partial charge in [-0.05, 0) is 36.4 Å². The molecular weight excluding hydrogens is 526 g/mol. The van der Waals surface area contributed by atoms with E-state index in [1.165, 1.54) is 6.07 Å². The van der Waals surface area contributed by atoms with Gasteiger partial charge in [0.25, 0.3) is 5.91 Å². The van der Waals surface area contributed by atoms with E-state index < -0.39 is 69.9 Å². The fourth-order valence-corrected chi connectivity index (χ4v) is 5.03. The van der Waals surface area contributed by atoms with Crippen molar-refractivity contribution in [2.45, 2.75) is 31.1 Å². The van der Waals surface area contributed by atoms with Gasteiger partial charge in [0.2, 0.25) is 16.3 Å². The maximum Gasteiger partial charge on any atom is 0.304 e. The molecule has 0 saturated carbocycles. The number of sulfonamides is 1. The topological polar surface area (TPSA) is 128 Å². The maximum atomic E-state index is 14.7. The molecule has 0 radical (unpaired) electrons. The molecule has 1 aliphatic rings. The van der Waals surface area contributed by atoms with Gasteiger partial charge < -0.3 is 19.5 Å². The molecule has 10 nitrogen and oxygen atoms in total. The fourth-order valence-electron chi connectivity index (χ4n) is 3.31. The number of benzene rings is 2. The van der Waals surface area contributed by atoms with Crippen molar-refractivity contribution in [2.24, 2.45) is 0 Å². The summed E-state index contributed by atoms with van der Waals surface area (Å²) in [6.07, 6.45) is -2.42. The molecule has 0 bridgehead atoms. The summed E-state index contributed by atoms with van der Waals surface area (Å²) in [6, 6.07) is 6.08. The van der Waals surface area contributed by atoms with E-state index in [1.54, 1.807) is 0 Å². The largest absolute Gasteiger partial charge is 0.459 e. The summed E-state index contributed by atoms with van der Waals surface area (Å²) in [6.45, 7) is 0.970. The van der Waals surface area contributed by atoms with Gasteiger partial charge >= 0.3 is 11.9 Å². The van der Waals surface area contributed by atoms with Crippen molar-refractivity contribution in [1.29, 1.82) is 0 Å². The molecule has 0 spiro atoms. The average Bonchev–Trinajstić information content (AvgIpc) is 2.98. The highest BCUT2D eigenvalue weighted by atomic mass is 35.5. The Labute approximate surface area is 210 Å². The van der Waals surface area contributed by atoms with Gasteiger partial charge in [-0.3, -0.25) is 14.4 Å². The van der Waals surface area contributed by atoms with Gasteiger partial charge in [0, 0.05) is 25.1 Å². The first-order valence-corrected chi connectivity index (χ1v) is 12.2. The van der Waals surface area contributed by atoms with Crippen molar-refractivity contribution >= 4 is 45.2 Å². The Bertz CT molecular complexity index is 1260. The van der Waals surface area contributed by atoms with Crippen LogP contribution in [0.5, 0.6) is 0 Å². The second-order valence-corrected chi connectivity index (χ2v) is 9.97. The van der Waals surface area contributed by atoms with E-state index in [0.717, 1.165) is 48.5 Å². The van der Waals surface area contributed by atoms with Crippen LogP contribution >= 0.6 is 11.6 Å². The highest BCUT2D eigenvalue weighted by molar-refractivity contribution is 7.89. The third-order valence-electron chi connectivity index (χ3n) is 4.85. The van der Waals surface area contributed by atoms with E-state index >= 15 is 0 Å². The Morgan fingerprint density at radius 2 is 1.69 bits per heavy atom. The molecule has 194 valence electrons. The van der Waals surface area contributed by atoms with Gasteiger partial charge in [-0.25, -0.2) is 17.2 Å². The SMILES string of the molecule is CC(=O)O[C@@H]1CO[C@H](OC(C)=O)CN(S(=O)(=O)c2cc(C(=O)Nc3ccc(F)c(Cl)c3)ccc2F)C1. The van der Waals surface area contributed by atoms with E-state index in [1.807, 2.05) is 0 Å². The summed E-state index contributed by atoms with van der Waals surface area (Å²) in [5.41, 5.74) is -0.104. The van der Waals surface area contributed by atoms with Crippen LogP contribution in [-0.4, -0.2) is 62.7 Å². The van der Waals surface area contributed by atoms with Gasteiger partial charge in [0.15, 0.2) is 0 Å². The van der Waals surface area contributed by atoms with E-state index in [0.29, 0.717) is 0 Å². The zero-order valence-electron chi connectivity index (χ0n) is 19.0. The summed E-state index contributed by atoms with van der Waals surface area (Å²) in [7, 11) is -4.65. The third kappa shape index (κ3) is 6.75. The molecular formula is C22H21ClF2N2O8S. The number of ether oxygens (including phenoxy) is 3. The summed E-state index contributed by atoms with van der Waals surface area (Å²) in [5.74, 6) is -4.14. The molecule has 1 fully saturated rings. The van der Waals surface area contributed by atoms with Crippen LogP contribution in [-0.2, 0) is 33.8 Å². The molecule has 0 aromatic heterocycles. The smallest absolute Gasteiger partial charge is 0.304 e. The van der Waals surface area contributed by atoms with Crippen LogP contribution in [0.15, 0.2) is 41.3 Å². The van der Waals surface area contributed by atoms with Crippen molar-refractivity contribution in [2.75, 3.05) is 25.0 Å². The normalized spacial score (nSPS) is 18.7. The van der Waals surface area contributed by atoms with Crippen molar-refractivity contribution in [3.05, 3.63) is 58.6 Å². The van der Waals surface area contributed by atoms with Gasteiger partial charge in [-0.2, -0.15) is 4.31 Å². The molecule has 2 atom stereocenters. The second-order valence-electron chi connectivity index (χ2n) is 7.65. The quantitative estimate of drug-likeness (QED) is 0.548. The number of carbonyl (C=O) groups is 3. The Morgan fingerprint density at radius 3 is 2.33 bits per heavy atom. The molecule has 0 aliphatic carbocycles. The first kappa shape index (κ1) is 27.5. The number of nitrogens with zero attached hydrogens (tertiary/aromatic N) is 1. The van der Waals surface area contributed by atoms with E-state index in [4.69, 9.17) is 25.8 Å². The lowest BCUT2D eigenvalue weighted by Crippen LogP contribution is -2.41. The van der Waals surface area contributed by atoms with Crippen LogP contribution in [0.1, 0.15) is 24.2 Å². The third-order valence-corrected chi connectivity index (χ3v) is 6.98. The summed E-state index contributed by atoms with van der Waals surface area (Å²) in [4.78, 5) is 34.6. The number of amides is 1. The van der Waals surface area contributed by atoms with E-state index in [9.17, 15) is 31.6 Å². The highest BCUT2D eigenvalue weighted by Gasteiger charge is 2.37.